The highest BCUT2D eigenvalue weighted by molar-refractivity contribution is 5.78. The molecule has 1 aromatic heterocycles. The quantitative estimate of drug-likeness (QED) is 0.668. The van der Waals surface area contributed by atoms with Crippen molar-refractivity contribution < 1.29 is 17.9 Å². The summed E-state index contributed by atoms with van der Waals surface area (Å²) in [7, 11) is 0. The fourth-order valence-electron chi connectivity index (χ4n) is 2.11. The molecule has 1 saturated heterocycles. The molecule has 0 spiro atoms. The van der Waals surface area contributed by atoms with Crippen molar-refractivity contribution in [1.29, 1.82) is 0 Å². The number of rotatable bonds is 3. The predicted molar refractivity (Wildman–Crippen MR) is 70.6 cm³/mol. The van der Waals surface area contributed by atoms with E-state index >= 15 is 0 Å². The summed E-state index contributed by atoms with van der Waals surface area (Å²) in [5.41, 5.74) is 5.87. The molecule has 1 aliphatic heterocycles. The lowest BCUT2D eigenvalue weighted by molar-refractivity contribution is -0.141. The zero-order valence-electron chi connectivity index (χ0n) is 11.7. The highest BCUT2D eigenvalue weighted by Gasteiger charge is 2.28. The van der Waals surface area contributed by atoms with Crippen LogP contribution in [0.4, 0.5) is 13.2 Å². The smallest absolute Gasteiger partial charge is 0.375 e. The number of imidazole rings is 1. The van der Waals surface area contributed by atoms with Crippen LogP contribution < -0.4 is 5.73 Å². The first kappa shape index (κ1) is 15.6. The first-order valence-electron chi connectivity index (χ1n) is 6.58. The van der Waals surface area contributed by atoms with E-state index < -0.39 is 12.7 Å². The number of nitrogens with zero attached hydrogens (tertiary/aromatic N) is 4. The summed E-state index contributed by atoms with van der Waals surface area (Å²) in [5, 5.41) is 0. The van der Waals surface area contributed by atoms with Gasteiger partial charge in [0.15, 0.2) is 5.96 Å². The molecule has 1 aliphatic rings. The van der Waals surface area contributed by atoms with Crippen LogP contribution in [0.25, 0.3) is 0 Å². The molecule has 0 aliphatic carbocycles. The molecule has 1 atom stereocenters. The molecule has 0 radical (unpaired) electrons. The van der Waals surface area contributed by atoms with Gasteiger partial charge in [0.25, 0.3) is 0 Å². The molecule has 2 heterocycles. The molecule has 1 unspecified atom stereocenters. The molecule has 21 heavy (non-hydrogen) atoms. The average molecular weight is 305 g/mol. The molecule has 118 valence electrons. The Morgan fingerprint density at radius 1 is 1.57 bits per heavy atom. The molecule has 0 bridgehead atoms. The molecule has 1 fully saturated rings. The Balaban J connectivity index is 1.98. The molecule has 2 N–H and O–H groups in total. The number of alkyl halides is 3. The topological polar surface area (TPSA) is 68.7 Å². The van der Waals surface area contributed by atoms with E-state index in [9.17, 15) is 13.2 Å². The van der Waals surface area contributed by atoms with Crippen LogP contribution in [0, 0.1) is 0 Å². The largest absolute Gasteiger partial charge is 0.406 e. The van der Waals surface area contributed by atoms with E-state index in [2.05, 4.69) is 9.98 Å². The molecule has 2 rings (SSSR count). The van der Waals surface area contributed by atoms with Gasteiger partial charge in [-0.3, -0.25) is 0 Å². The summed E-state index contributed by atoms with van der Waals surface area (Å²) in [4.78, 5) is 9.87. The second kappa shape index (κ2) is 6.33. The fraction of sp³-hybridized carbons (Fsp3) is 0.667. The third-order valence-electron chi connectivity index (χ3n) is 3.10. The molecule has 0 saturated carbocycles. The first-order chi connectivity index (χ1) is 9.85. The maximum atomic E-state index is 12.4. The van der Waals surface area contributed by atoms with Crippen molar-refractivity contribution in [3.05, 3.63) is 18.2 Å². The van der Waals surface area contributed by atoms with Gasteiger partial charge in [0.05, 0.1) is 12.7 Å². The van der Waals surface area contributed by atoms with Gasteiger partial charge in [0, 0.05) is 25.5 Å². The zero-order valence-corrected chi connectivity index (χ0v) is 11.7. The van der Waals surface area contributed by atoms with Crippen LogP contribution in [0.15, 0.2) is 17.4 Å². The van der Waals surface area contributed by atoms with Crippen molar-refractivity contribution in [1.82, 2.24) is 14.5 Å². The Kier molecular flexibility index (Phi) is 4.71. The van der Waals surface area contributed by atoms with Gasteiger partial charge in [-0.2, -0.15) is 13.2 Å². The minimum absolute atomic E-state index is 0.0145. The highest BCUT2D eigenvalue weighted by atomic mass is 19.4. The normalized spacial score (nSPS) is 20.9. The van der Waals surface area contributed by atoms with E-state index in [4.69, 9.17) is 10.5 Å². The van der Waals surface area contributed by atoms with Crippen molar-refractivity contribution in [2.45, 2.75) is 32.3 Å². The maximum Gasteiger partial charge on any atom is 0.406 e. The van der Waals surface area contributed by atoms with Crippen LogP contribution in [0.2, 0.25) is 0 Å². The van der Waals surface area contributed by atoms with E-state index in [1.807, 2.05) is 11.8 Å². The van der Waals surface area contributed by atoms with Gasteiger partial charge in [-0.05, 0) is 6.92 Å². The molecule has 1 aromatic rings. The number of hydrogen-bond donors (Lipinski definition) is 1. The summed E-state index contributed by atoms with van der Waals surface area (Å²) >= 11 is 0. The van der Waals surface area contributed by atoms with Gasteiger partial charge in [0.2, 0.25) is 0 Å². The average Bonchev–Trinajstić information content (AvgIpc) is 2.81. The van der Waals surface area contributed by atoms with E-state index in [0.717, 1.165) is 4.57 Å². The minimum atomic E-state index is -4.29. The lowest BCUT2D eigenvalue weighted by atomic mass is 10.3. The molecular weight excluding hydrogens is 287 g/mol. The van der Waals surface area contributed by atoms with Crippen molar-refractivity contribution in [2.24, 2.45) is 10.7 Å². The van der Waals surface area contributed by atoms with Crippen molar-refractivity contribution in [3.63, 3.8) is 0 Å². The van der Waals surface area contributed by atoms with Gasteiger partial charge in [0.1, 0.15) is 18.9 Å². The second-order valence-corrected chi connectivity index (χ2v) is 4.89. The number of guanidine groups is 1. The second-order valence-electron chi connectivity index (χ2n) is 4.89. The summed E-state index contributed by atoms with van der Waals surface area (Å²) < 4.78 is 43.6. The number of hydrogen-bond acceptors (Lipinski definition) is 3. The van der Waals surface area contributed by atoms with E-state index in [-0.39, 0.29) is 18.5 Å². The van der Waals surface area contributed by atoms with Crippen LogP contribution >= 0.6 is 0 Å². The molecule has 6 nitrogen and oxygen atoms in total. The van der Waals surface area contributed by atoms with Gasteiger partial charge >= 0.3 is 6.18 Å². The van der Waals surface area contributed by atoms with Crippen LogP contribution in [0.3, 0.4) is 0 Å². The van der Waals surface area contributed by atoms with E-state index in [1.54, 1.807) is 0 Å². The van der Waals surface area contributed by atoms with Crippen molar-refractivity contribution >= 4 is 5.96 Å². The fourth-order valence-corrected chi connectivity index (χ4v) is 2.11. The first-order valence-corrected chi connectivity index (χ1v) is 6.58. The summed E-state index contributed by atoms with van der Waals surface area (Å²) in [5.74, 6) is 0.531. The molecule has 0 aromatic carbocycles. The van der Waals surface area contributed by atoms with Crippen molar-refractivity contribution in [3.8, 4) is 0 Å². The third kappa shape index (κ3) is 4.62. The standard InChI is InChI=1S/C12H18F3N5O/c1-9-7-19(4-5-21-9)11(16)18-6-10-17-2-3-20(10)8-12(13,14)15/h2-3,9H,4-8H2,1H3,(H2,16,18). The Morgan fingerprint density at radius 3 is 3.00 bits per heavy atom. The number of morpholine rings is 1. The Morgan fingerprint density at radius 2 is 2.33 bits per heavy atom. The van der Waals surface area contributed by atoms with Crippen LogP contribution in [-0.2, 0) is 17.8 Å². The Bertz CT molecular complexity index is 499. The Labute approximate surface area is 120 Å². The number of halogens is 3. The van der Waals surface area contributed by atoms with Gasteiger partial charge in [-0.25, -0.2) is 9.98 Å². The lowest BCUT2D eigenvalue weighted by Crippen LogP contribution is -2.47. The van der Waals surface area contributed by atoms with Gasteiger partial charge < -0.3 is 19.9 Å². The number of aromatic nitrogens is 2. The number of nitrogens with two attached hydrogens (primary N) is 1. The van der Waals surface area contributed by atoms with Gasteiger partial charge in [-0.1, -0.05) is 0 Å². The van der Waals surface area contributed by atoms with Crippen molar-refractivity contribution in [2.75, 3.05) is 19.7 Å². The van der Waals surface area contributed by atoms with Crippen LogP contribution in [0.1, 0.15) is 12.7 Å². The molecular formula is C12H18F3N5O. The third-order valence-corrected chi connectivity index (χ3v) is 3.10. The lowest BCUT2D eigenvalue weighted by Gasteiger charge is -2.31. The van der Waals surface area contributed by atoms with Gasteiger partial charge in [-0.15, -0.1) is 0 Å². The minimum Gasteiger partial charge on any atom is -0.375 e. The summed E-state index contributed by atoms with van der Waals surface area (Å²) in [6.07, 6.45) is -1.63. The van der Waals surface area contributed by atoms with Crippen LogP contribution in [-0.4, -0.2) is 52.4 Å². The molecule has 9 heteroatoms. The maximum absolute atomic E-state index is 12.4. The predicted octanol–water partition coefficient (Wildman–Crippen LogP) is 0.981. The molecule has 0 amide bonds. The van der Waals surface area contributed by atoms with E-state index in [1.165, 1.54) is 12.4 Å². The zero-order chi connectivity index (χ0) is 15.5. The highest BCUT2D eigenvalue weighted by Crippen LogP contribution is 2.18. The number of ether oxygens (including phenoxy) is 1. The summed E-state index contributed by atoms with van der Waals surface area (Å²) in [6, 6.07) is 0. The monoisotopic (exact) mass is 305 g/mol. The Hall–Kier alpha value is -1.77. The van der Waals surface area contributed by atoms with Crippen LogP contribution in [0.5, 0.6) is 0 Å². The summed E-state index contributed by atoms with van der Waals surface area (Å²) in [6.45, 7) is 2.66. The number of aliphatic imine (C=N–C) groups is 1. The van der Waals surface area contributed by atoms with E-state index in [0.29, 0.717) is 25.7 Å². The SMILES string of the molecule is CC1CN(C(N)=NCc2nccn2CC(F)(F)F)CCO1.